The molecule has 0 saturated carbocycles. The van der Waals surface area contributed by atoms with Crippen LogP contribution in [-0.2, 0) is 25.6 Å². The minimum atomic E-state index is -1.16. The average molecular weight is 718 g/mol. The largest absolute Gasteiger partial charge is 0.480 e. The maximum atomic E-state index is 14.9. The van der Waals surface area contributed by atoms with Gasteiger partial charge in [-0.2, -0.15) is 5.10 Å². The second-order valence-electron chi connectivity index (χ2n) is 12.8. The molecule has 3 rings (SSSR count). The summed E-state index contributed by atoms with van der Waals surface area (Å²) < 4.78 is 30.4. The maximum absolute atomic E-state index is 14.9. The van der Waals surface area contributed by atoms with Crippen LogP contribution in [0.25, 0.3) is 5.69 Å². The lowest BCUT2D eigenvalue weighted by Gasteiger charge is -2.40. The number of hydrogen-bond donors (Lipinski definition) is 6. The highest BCUT2D eigenvalue weighted by atomic mass is 32.2. The number of aliphatic carboxylic acids is 1. The Morgan fingerprint density at radius 3 is 2.34 bits per heavy atom. The standard InChI is InChI=1S/C34H45F2N7O6S/c1-34(2,3)31(30-22(15-21-7-5-4-6-8-21)17-43(41-30)27-16-23(35)9-10-24(27)36)42(29(46)18-44)14-11-25(37)32(47)40-13-12-39-28(45)20-50-19-26(38)33(48)49/h4-10,16-17,25-26,31,44H,11-15,18-20,37-38H2,1-3H3,(H,39,45)(H,40,47)(H,48,49)/t25?,26-,31?/m0/s1. The fraction of sp³-hybridized carbons (Fsp3) is 0.441. The van der Waals surface area contributed by atoms with E-state index in [0.29, 0.717) is 17.7 Å². The average Bonchev–Trinajstić information content (AvgIpc) is 3.47. The first-order chi connectivity index (χ1) is 23.6. The Balaban J connectivity index is 1.77. The van der Waals surface area contributed by atoms with Crippen molar-refractivity contribution in [3.05, 3.63) is 83.2 Å². The van der Waals surface area contributed by atoms with Crippen LogP contribution in [0.15, 0.2) is 54.7 Å². The first kappa shape index (κ1) is 40.1. The number of thioether (sulfide) groups is 1. The third kappa shape index (κ3) is 11.6. The van der Waals surface area contributed by atoms with Crippen molar-refractivity contribution in [1.29, 1.82) is 0 Å². The number of carbonyl (C=O) groups excluding carboxylic acids is 3. The van der Waals surface area contributed by atoms with E-state index in [2.05, 4.69) is 10.6 Å². The Morgan fingerprint density at radius 1 is 1.02 bits per heavy atom. The van der Waals surface area contributed by atoms with Crippen LogP contribution < -0.4 is 22.1 Å². The zero-order valence-electron chi connectivity index (χ0n) is 28.3. The van der Waals surface area contributed by atoms with Gasteiger partial charge >= 0.3 is 5.97 Å². The van der Waals surface area contributed by atoms with Crippen molar-refractivity contribution in [2.75, 3.05) is 37.7 Å². The van der Waals surface area contributed by atoms with Gasteiger partial charge in [-0.15, -0.1) is 11.8 Å². The van der Waals surface area contributed by atoms with Crippen LogP contribution in [0.4, 0.5) is 8.78 Å². The second-order valence-corrected chi connectivity index (χ2v) is 13.8. The summed E-state index contributed by atoms with van der Waals surface area (Å²) in [5.74, 6) is -3.96. The number of carboxylic acids is 1. The molecule has 1 aromatic heterocycles. The maximum Gasteiger partial charge on any atom is 0.321 e. The van der Waals surface area contributed by atoms with Crippen molar-refractivity contribution in [2.24, 2.45) is 16.9 Å². The van der Waals surface area contributed by atoms with Gasteiger partial charge in [0.15, 0.2) is 0 Å². The minimum Gasteiger partial charge on any atom is -0.480 e. The second kappa shape index (κ2) is 18.6. The Labute approximate surface area is 293 Å². The molecule has 0 fully saturated rings. The van der Waals surface area contributed by atoms with Gasteiger partial charge in [-0.05, 0) is 29.5 Å². The van der Waals surface area contributed by atoms with Gasteiger partial charge in [0, 0.05) is 49.6 Å². The third-order valence-corrected chi connectivity index (χ3v) is 8.73. The van der Waals surface area contributed by atoms with Crippen molar-refractivity contribution in [3.63, 3.8) is 0 Å². The van der Waals surface area contributed by atoms with Crippen molar-refractivity contribution in [2.45, 2.75) is 51.7 Å². The Bertz CT molecular complexity index is 1620. The Hall–Kier alpha value is -4.38. The highest BCUT2D eigenvalue weighted by Gasteiger charge is 2.38. The summed E-state index contributed by atoms with van der Waals surface area (Å²) in [7, 11) is 0. The van der Waals surface area contributed by atoms with Gasteiger partial charge in [0.1, 0.15) is 30.0 Å². The number of rotatable bonds is 18. The van der Waals surface area contributed by atoms with Crippen LogP contribution in [0.1, 0.15) is 50.1 Å². The number of benzene rings is 2. The first-order valence-corrected chi connectivity index (χ1v) is 17.1. The molecule has 1 heterocycles. The van der Waals surface area contributed by atoms with Crippen LogP contribution in [0.2, 0.25) is 0 Å². The van der Waals surface area contributed by atoms with Crippen LogP contribution in [0.5, 0.6) is 0 Å². The van der Waals surface area contributed by atoms with Crippen LogP contribution in [0.3, 0.4) is 0 Å². The highest BCUT2D eigenvalue weighted by Crippen LogP contribution is 2.40. The molecule has 3 amide bonds. The van der Waals surface area contributed by atoms with E-state index in [4.69, 9.17) is 21.7 Å². The summed E-state index contributed by atoms with van der Waals surface area (Å²) in [6.45, 7) is 4.92. The Morgan fingerprint density at radius 2 is 1.70 bits per heavy atom. The fourth-order valence-corrected chi connectivity index (χ4v) is 6.03. The van der Waals surface area contributed by atoms with Crippen LogP contribution >= 0.6 is 11.8 Å². The number of carboxylic acid groups (broad SMARTS) is 1. The monoisotopic (exact) mass is 717 g/mol. The molecular formula is C34H45F2N7O6S. The molecule has 2 unspecified atom stereocenters. The predicted molar refractivity (Wildman–Crippen MR) is 185 cm³/mol. The number of aromatic nitrogens is 2. The van der Waals surface area contributed by atoms with E-state index in [9.17, 15) is 33.1 Å². The minimum absolute atomic E-state index is 0.000579. The first-order valence-electron chi connectivity index (χ1n) is 16.0. The molecule has 0 aliphatic rings. The number of nitrogens with zero attached hydrogens (tertiary/aromatic N) is 3. The highest BCUT2D eigenvalue weighted by molar-refractivity contribution is 8.00. The Kier molecular flexibility index (Phi) is 14.9. The van der Waals surface area contributed by atoms with Gasteiger partial charge in [-0.1, -0.05) is 51.1 Å². The number of hydrogen-bond acceptors (Lipinski definition) is 9. The van der Waals surface area contributed by atoms with Gasteiger partial charge in [0.2, 0.25) is 17.7 Å². The van der Waals surface area contributed by atoms with Crippen molar-refractivity contribution >= 4 is 35.5 Å². The van der Waals surface area contributed by atoms with Crippen molar-refractivity contribution in [1.82, 2.24) is 25.3 Å². The van der Waals surface area contributed by atoms with Crippen molar-refractivity contribution < 1.29 is 38.2 Å². The van der Waals surface area contributed by atoms with Crippen molar-refractivity contribution in [3.8, 4) is 5.69 Å². The molecule has 3 aromatic rings. The third-order valence-electron chi connectivity index (χ3n) is 7.67. The zero-order valence-corrected chi connectivity index (χ0v) is 29.1. The molecular weight excluding hydrogens is 672 g/mol. The molecule has 0 saturated heterocycles. The van der Waals surface area contributed by atoms with E-state index in [1.54, 1.807) is 6.20 Å². The van der Waals surface area contributed by atoms with E-state index < -0.39 is 59.6 Å². The van der Waals surface area contributed by atoms with E-state index >= 15 is 0 Å². The summed E-state index contributed by atoms with van der Waals surface area (Å²) in [5.41, 5.74) is 12.8. The quantitative estimate of drug-likeness (QED) is 0.105. The van der Waals surface area contributed by atoms with Gasteiger partial charge in [-0.3, -0.25) is 19.2 Å². The smallest absolute Gasteiger partial charge is 0.321 e. The van der Waals surface area contributed by atoms with Crippen LogP contribution in [-0.4, -0.2) is 98.4 Å². The van der Waals surface area contributed by atoms with E-state index in [0.717, 1.165) is 35.5 Å². The molecule has 13 nitrogen and oxygen atoms in total. The molecule has 8 N–H and O–H groups in total. The summed E-state index contributed by atoms with van der Waals surface area (Å²) >= 11 is 1.07. The summed E-state index contributed by atoms with van der Waals surface area (Å²) in [5, 5.41) is 28.8. The van der Waals surface area contributed by atoms with E-state index in [-0.39, 0.29) is 49.2 Å². The number of carbonyl (C=O) groups is 4. The lowest BCUT2D eigenvalue weighted by Crippen LogP contribution is -2.48. The molecule has 0 radical (unpaired) electrons. The molecule has 272 valence electrons. The number of halogens is 2. The topological polar surface area (TPSA) is 206 Å². The van der Waals surface area contributed by atoms with Gasteiger partial charge < -0.3 is 37.2 Å². The predicted octanol–water partition coefficient (Wildman–Crippen LogP) is 1.74. The fourth-order valence-electron chi connectivity index (χ4n) is 5.23. The van der Waals surface area contributed by atoms with Gasteiger partial charge in [0.25, 0.3) is 0 Å². The van der Waals surface area contributed by atoms with Gasteiger partial charge in [-0.25, -0.2) is 13.5 Å². The molecule has 0 spiro atoms. The number of aliphatic hydroxyl groups excluding tert-OH is 1. The molecule has 0 aliphatic carbocycles. The van der Waals surface area contributed by atoms with Gasteiger partial charge in [0.05, 0.1) is 23.5 Å². The summed E-state index contributed by atoms with van der Waals surface area (Å²) in [4.78, 5) is 50.3. The zero-order chi connectivity index (χ0) is 37.0. The lowest BCUT2D eigenvalue weighted by atomic mass is 9.81. The molecule has 3 atom stereocenters. The van der Waals surface area contributed by atoms with E-state index in [1.807, 2.05) is 51.1 Å². The van der Waals surface area contributed by atoms with Crippen LogP contribution in [0, 0.1) is 17.0 Å². The summed E-state index contributed by atoms with van der Waals surface area (Å²) in [6, 6.07) is 9.55. The number of aliphatic hydroxyl groups is 1. The SMILES string of the molecule is CC(C)(C)C(c1nn(-c2cc(F)ccc2F)cc1Cc1ccccc1)N(CCC(N)C(=O)NCCNC(=O)CSC[C@H](N)C(=O)O)C(=O)CO. The number of amides is 3. The number of nitrogens with two attached hydrogens (primary N) is 2. The molecule has 2 aromatic carbocycles. The lowest BCUT2D eigenvalue weighted by molar-refractivity contribution is -0.140. The molecule has 16 heteroatoms. The summed E-state index contributed by atoms with van der Waals surface area (Å²) in [6.07, 6.45) is 1.96. The normalized spacial score (nSPS) is 13.3. The molecule has 50 heavy (non-hydrogen) atoms. The molecule has 0 aliphatic heterocycles. The van der Waals surface area contributed by atoms with E-state index in [1.165, 1.54) is 9.58 Å². The molecule has 0 bridgehead atoms. The number of nitrogens with one attached hydrogen (secondary N) is 2.